The molecular formula is C17H29NO2. The summed E-state index contributed by atoms with van der Waals surface area (Å²) in [5.74, 6) is 0.541. The van der Waals surface area contributed by atoms with Crippen molar-refractivity contribution < 1.29 is 9.84 Å². The summed E-state index contributed by atoms with van der Waals surface area (Å²) in [7, 11) is 1.59. The summed E-state index contributed by atoms with van der Waals surface area (Å²) in [6.45, 7) is 2.24. The molecule has 0 fully saturated rings. The lowest BCUT2D eigenvalue weighted by Crippen LogP contribution is -2.02. The fourth-order valence-electron chi connectivity index (χ4n) is 2.45. The van der Waals surface area contributed by atoms with Gasteiger partial charge in [0.1, 0.15) is 0 Å². The molecule has 0 aliphatic rings. The molecule has 114 valence electrons. The van der Waals surface area contributed by atoms with Crippen molar-refractivity contribution in [1.29, 1.82) is 0 Å². The number of aliphatic hydroxyl groups is 1. The van der Waals surface area contributed by atoms with Gasteiger partial charge in [0, 0.05) is 11.8 Å². The Morgan fingerprint density at radius 1 is 1.10 bits per heavy atom. The van der Waals surface area contributed by atoms with Gasteiger partial charge in [-0.05, 0) is 18.6 Å². The van der Waals surface area contributed by atoms with Gasteiger partial charge in [-0.15, -0.1) is 0 Å². The maximum Gasteiger partial charge on any atom is 0.218 e. The van der Waals surface area contributed by atoms with Crippen molar-refractivity contribution in [3.63, 3.8) is 0 Å². The van der Waals surface area contributed by atoms with Gasteiger partial charge in [-0.25, -0.2) is 4.98 Å². The number of ether oxygens (including phenoxy) is 1. The minimum absolute atomic E-state index is 0.459. The molecule has 0 aliphatic carbocycles. The third-order valence-electron chi connectivity index (χ3n) is 3.68. The van der Waals surface area contributed by atoms with Gasteiger partial charge in [0.2, 0.25) is 5.88 Å². The molecule has 0 amide bonds. The van der Waals surface area contributed by atoms with Crippen molar-refractivity contribution in [3.8, 4) is 5.88 Å². The van der Waals surface area contributed by atoms with Gasteiger partial charge in [-0.3, -0.25) is 0 Å². The lowest BCUT2D eigenvalue weighted by Gasteiger charge is -2.13. The second-order valence-electron chi connectivity index (χ2n) is 5.38. The van der Waals surface area contributed by atoms with E-state index in [9.17, 15) is 5.11 Å². The van der Waals surface area contributed by atoms with Crippen LogP contribution in [0.2, 0.25) is 0 Å². The molecule has 1 rings (SSSR count). The highest BCUT2D eigenvalue weighted by atomic mass is 16.5. The van der Waals surface area contributed by atoms with Crippen LogP contribution < -0.4 is 4.74 Å². The first-order chi connectivity index (χ1) is 9.79. The van der Waals surface area contributed by atoms with E-state index in [0.717, 1.165) is 18.4 Å². The number of unbranched alkanes of at least 4 members (excludes halogenated alkanes) is 7. The summed E-state index contributed by atoms with van der Waals surface area (Å²) in [5, 5.41) is 10.2. The number of aromatic nitrogens is 1. The SMILES string of the molecule is CCCCCCCCCCC(O)c1cccnc1OC. The number of hydrogen-bond donors (Lipinski definition) is 1. The fraction of sp³-hybridized carbons (Fsp3) is 0.706. The van der Waals surface area contributed by atoms with Crippen LogP contribution in [0, 0.1) is 0 Å². The Balaban J connectivity index is 2.15. The highest BCUT2D eigenvalue weighted by molar-refractivity contribution is 5.27. The Kier molecular flexibility index (Phi) is 9.05. The molecule has 1 atom stereocenters. The summed E-state index contributed by atoms with van der Waals surface area (Å²) in [6, 6.07) is 3.73. The number of methoxy groups -OCH3 is 1. The molecule has 1 N–H and O–H groups in total. The predicted octanol–water partition coefficient (Wildman–Crippen LogP) is 4.65. The third kappa shape index (κ3) is 6.38. The Morgan fingerprint density at radius 2 is 1.75 bits per heavy atom. The minimum atomic E-state index is -0.459. The van der Waals surface area contributed by atoms with E-state index in [1.165, 1.54) is 44.9 Å². The zero-order valence-electron chi connectivity index (χ0n) is 13.0. The molecular weight excluding hydrogens is 250 g/mol. The van der Waals surface area contributed by atoms with Gasteiger partial charge in [0.15, 0.2) is 0 Å². The first-order valence-corrected chi connectivity index (χ1v) is 7.96. The van der Waals surface area contributed by atoms with Crippen LogP contribution in [0.1, 0.15) is 76.4 Å². The van der Waals surface area contributed by atoms with E-state index < -0.39 is 6.10 Å². The molecule has 0 saturated heterocycles. The van der Waals surface area contributed by atoms with E-state index >= 15 is 0 Å². The van der Waals surface area contributed by atoms with Crippen molar-refractivity contribution in [2.24, 2.45) is 0 Å². The van der Waals surface area contributed by atoms with Gasteiger partial charge in [-0.1, -0.05) is 58.3 Å². The number of aliphatic hydroxyl groups excluding tert-OH is 1. The molecule has 1 aromatic heterocycles. The third-order valence-corrected chi connectivity index (χ3v) is 3.68. The zero-order valence-corrected chi connectivity index (χ0v) is 13.0. The summed E-state index contributed by atoms with van der Waals surface area (Å²) in [5.41, 5.74) is 0.804. The summed E-state index contributed by atoms with van der Waals surface area (Å²) in [6.07, 6.45) is 12.3. The van der Waals surface area contributed by atoms with Crippen LogP contribution in [0.3, 0.4) is 0 Å². The van der Waals surface area contributed by atoms with Crippen LogP contribution in [0.5, 0.6) is 5.88 Å². The normalized spacial score (nSPS) is 12.3. The fourth-order valence-corrected chi connectivity index (χ4v) is 2.45. The van der Waals surface area contributed by atoms with Crippen molar-refractivity contribution in [2.75, 3.05) is 7.11 Å². The number of pyridine rings is 1. The quantitative estimate of drug-likeness (QED) is 0.599. The Morgan fingerprint density at radius 3 is 2.40 bits per heavy atom. The van der Waals surface area contributed by atoms with Crippen LogP contribution in [0.4, 0.5) is 0 Å². The van der Waals surface area contributed by atoms with Gasteiger partial charge in [-0.2, -0.15) is 0 Å². The summed E-state index contributed by atoms with van der Waals surface area (Å²) in [4.78, 5) is 4.12. The van der Waals surface area contributed by atoms with E-state index in [1.54, 1.807) is 13.3 Å². The molecule has 0 bridgehead atoms. The van der Waals surface area contributed by atoms with Gasteiger partial charge < -0.3 is 9.84 Å². The van der Waals surface area contributed by atoms with Crippen LogP contribution in [-0.4, -0.2) is 17.2 Å². The van der Waals surface area contributed by atoms with Crippen molar-refractivity contribution in [3.05, 3.63) is 23.9 Å². The molecule has 0 saturated carbocycles. The first-order valence-electron chi connectivity index (χ1n) is 7.96. The average molecular weight is 279 g/mol. The Hall–Kier alpha value is -1.09. The lowest BCUT2D eigenvalue weighted by molar-refractivity contribution is 0.158. The molecule has 0 spiro atoms. The van der Waals surface area contributed by atoms with Gasteiger partial charge in [0.05, 0.1) is 13.2 Å². The van der Waals surface area contributed by atoms with Gasteiger partial charge >= 0.3 is 0 Å². The first kappa shape index (κ1) is 17.0. The maximum atomic E-state index is 10.2. The van der Waals surface area contributed by atoms with E-state index in [0.29, 0.717) is 5.88 Å². The standard InChI is InChI=1S/C17H29NO2/c1-3-4-5-6-7-8-9-10-13-16(19)15-12-11-14-18-17(15)20-2/h11-12,14,16,19H,3-10,13H2,1-2H3. The minimum Gasteiger partial charge on any atom is -0.481 e. The predicted molar refractivity (Wildman–Crippen MR) is 83.0 cm³/mol. The summed E-state index contributed by atoms with van der Waals surface area (Å²) < 4.78 is 5.18. The molecule has 0 aromatic carbocycles. The number of hydrogen-bond acceptors (Lipinski definition) is 3. The molecule has 3 heteroatoms. The van der Waals surface area contributed by atoms with E-state index in [-0.39, 0.29) is 0 Å². The Bertz CT molecular complexity index is 355. The second kappa shape index (κ2) is 10.7. The molecule has 0 radical (unpaired) electrons. The highest BCUT2D eigenvalue weighted by Crippen LogP contribution is 2.26. The van der Waals surface area contributed by atoms with Gasteiger partial charge in [0.25, 0.3) is 0 Å². The molecule has 3 nitrogen and oxygen atoms in total. The average Bonchev–Trinajstić information content (AvgIpc) is 2.49. The van der Waals surface area contributed by atoms with E-state index in [4.69, 9.17) is 4.74 Å². The van der Waals surface area contributed by atoms with Crippen LogP contribution in [0.25, 0.3) is 0 Å². The van der Waals surface area contributed by atoms with E-state index in [1.807, 2.05) is 12.1 Å². The molecule has 1 heterocycles. The zero-order chi connectivity index (χ0) is 14.6. The molecule has 0 aliphatic heterocycles. The number of rotatable bonds is 11. The molecule has 20 heavy (non-hydrogen) atoms. The molecule has 1 unspecified atom stereocenters. The largest absolute Gasteiger partial charge is 0.481 e. The summed E-state index contributed by atoms with van der Waals surface area (Å²) >= 11 is 0. The van der Waals surface area contributed by atoms with E-state index in [2.05, 4.69) is 11.9 Å². The highest BCUT2D eigenvalue weighted by Gasteiger charge is 2.13. The molecule has 1 aromatic rings. The van der Waals surface area contributed by atoms with Crippen molar-refractivity contribution in [2.45, 2.75) is 70.8 Å². The Labute approximate surface area is 123 Å². The van der Waals surface area contributed by atoms with Crippen LogP contribution >= 0.6 is 0 Å². The number of nitrogens with zero attached hydrogens (tertiary/aromatic N) is 1. The smallest absolute Gasteiger partial charge is 0.218 e. The topological polar surface area (TPSA) is 42.4 Å². The van der Waals surface area contributed by atoms with Crippen LogP contribution in [0.15, 0.2) is 18.3 Å². The van der Waals surface area contributed by atoms with Crippen LogP contribution in [-0.2, 0) is 0 Å². The van der Waals surface area contributed by atoms with Crippen molar-refractivity contribution in [1.82, 2.24) is 4.98 Å². The lowest BCUT2D eigenvalue weighted by atomic mass is 10.0. The second-order valence-corrected chi connectivity index (χ2v) is 5.38. The monoisotopic (exact) mass is 279 g/mol. The maximum absolute atomic E-state index is 10.2. The van der Waals surface area contributed by atoms with Crippen molar-refractivity contribution >= 4 is 0 Å².